The molecule has 0 fully saturated rings. The van der Waals surface area contributed by atoms with Gasteiger partial charge in [0.05, 0.1) is 16.1 Å². The lowest BCUT2D eigenvalue weighted by Gasteiger charge is -2.20. The summed E-state index contributed by atoms with van der Waals surface area (Å²) in [5.41, 5.74) is -1.37. The van der Waals surface area contributed by atoms with Crippen molar-refractivity contribution in [2.24, 2.45) is 0 Å². The van der Waals surface area contributed by atoms with Gasteiger partial charge < -0.3 is 4.90 Å². The molecule has 0 aliphatic rings. The number of hydrogen-bond donors (Lipinski definition) is 1. The maximum absolute atomic E-state index is 14.9. The Balaban J connectivity index is 1.98. The first kappa shape index (κ1) is 24.8. The van der Waals surface area contributed by atoms with Crippen molar-refractivity contribution in [1.29, 1.82) is 0 Å². The molecule has 184 valence electrons. The third-order valence-corrected chi connectivity index (χ3v) is 6.44. The molecule has 0 amide bonds. The number of hydrogen-bond acceptors (Lipinski definition) is 5. The van der Waals surface area contributed by atoms with Gasteiger partial charge in [-0.1, -0.05) is 25.4 Å². The maximum Gasteiger partial charge on any atom is 0.294 e. The molecule has 0 aliphatic carbocycles. The van der Waals surface area contributed by atoms with Crippen molar-refractivity contribution >= 4 is 38.9 Å². The van der Waals surface area contributed by atoms with Crippen LogP contribution in [0, 0.1) is 17.5 Å². The Morgan fingerprint density at radius 2 is 1.69 bits per heavy atom. The standard InChI is InChI=1S/C22H18ClF3N4O4S/c1-11(2)19-21-27-18(28(3)17-8-12(23)4-5-14(17)24)6-7-29(21)30(22(19)31)20-15(25)9-13(10-16(20)26)35(32,33)34/h4-11H,1-3H3,(H,32,33,34). The number of fused-ring (bicyclic) bond motifs is 1. The monoisotopic (exact) mass is 526 g/mol. The molecular formula is C22H18ClF3N4O4S. The Morgan fingerprint density at radius 3 is 2.26 bits per heavy atom. The minimum atomic E-state index is -4.89. The van der Waals surface area contributed by atoms with Crippen molar-refractivity contribution in [2.75, 3.05) is 11.9 Å². The fraction of sp³-hybridized carbons (Fsp3) is 0.182. The highest BCUT2D eigenvalue weighted by Gasteiger charge is 2.26. The molecule has 0 spiro atoms. The van der Waals surface area contributed by atoms with Crippen LogP contribution < -0.4 is 10.5 Å². The third-order valence-electron chi connectivity index (χ3n) is 5.37. The fourth-order valence-electron chi connectivity index (χ4n) is 3.72. The van der Waals surface area contributed by atoms with Crippen molar-refractivity contribution in [3.05, 3.63) is 81.0 Å². The molecule has 0 saturated heterocycles. The molecule has 0 bridgehead atoms. The van der Waals surface area contributed by atoms with Crippen LogP contribution in [0.5, 0.6) is 0 Å². The van der Waals surface area contributed by atoms with E-state index < -0.39 is 49.6 Å². The van der Waals surface area contributed by atoms with Gasteiger partial charge in [-0.25, -0.2) is 27.4 Å². The molecule has 1 N–H and O–H groups in total. The number of nitrogens with zero attached hydrogens (tertiary/aromatic N) is 4. The van der Waals surface area contributed by atoms with Gasteiger partial charge in [0.25, 0.3) is 15.7 Å². The normalized spacial score (nSPS) is 12.0. The van der Waals surface area contributed by atoms with E-state index >= 15 is 0 Å². The van der Waals surface area contributed by atoms with E-state index in [1.165, 1.54) is 42.4 Å². The Bertz CT molecular complexity index is 1630. The Kier molecular flexibility index (Phi) is 6.16. The average Bonchev–Trinajstić information content (AvgIpc) is 3.05. The van der Waals surface area contributed by atoms with E-state index in [9.17, 15) is 26.4 Å². The molecule has 0 aliphatic heterocycles. The highest BCUT2D eigenvalue weighted by molar-refractivity contribution is 7.85. The lowest BCUT2D eigenvalue weighted by Crippen LogP contribution is -2.22. The van der Waals surface area contributed by atoms with E-state index in [1.807, 2.05) is 0 Å². The number of aromatic nitrogens is 3. The van der Waals surface area contributed by atoms with Crippen LogP contribution in [0.1, 0.15) is 25.3 Å². The molecule has 0 saturated carbocycles. The first-order valence-corrected chi connectivity index (χ1v) is 11.9. The molecule has 13 heteroatoms. The van der Waals surface area contributed by atoms with E-state index in [1.54, 1.807) is 13.8 Å². The topological polar surface area (TPSA) is 96.9 Å². The van der Waals surface area contributed by atoms with Crippen molar-refractivity contribution in [1.82, 2.24) is 14.2 Å². The van der Waals surface area contributed by atoms with Crippen LogP contribution in [0.15, 0.2) is 52.3 Å². The molecule has 4 rings (SSSR count). The van der Waals surface area contributed by atoms with Crippen LogP contribution in [-0.2, 0) is 10.1 Å². The smallest absolute Gasteiger partial charge is 0.294 e. The average molecular weight is 527 g/mol. The van der Waals surface area contributed by atoms with Gasteiger partial charge in [0.2, 0.25) is 0 Å². The van der Waals surface area contributed by atoms with Crippen LogP contribution in [0.2, 0.25) is 5.02 Å². The summed E-state index contributed by atoms with van der Waals surface area (Å²) in [6, 6.07) is 6.19. The van der Waals surface area contributed by atoms with E-state index in [-0.39, 0.29) is 22.7 Å². The van der Waals surface area contributed by atoms with Crippen LogP contribution in [0.3, 0.4) is 0 Å². The Morgan fingerprint density at radius 1 is 1.06 bits per heavy atom. The van der Waals surface area contributed by atoms with E-state index in [2.05, 4.69) is 4.98 Å². The minimum absolute atomic E-state index is 0.0504. The maximum atomic E-state index is 14.9. The number of benzene rings is 2. The summed E-state index contributed by atoms with van der Waals surface area (Å²) in [5, 5.41) is 0.291. The second kappa shape index (κ2) is 8.70. The fourth-order valence-corrected chi connectivity index (χ4v) is 4.39. The lowest BCUT2D eigenvalue weighted by molar-refractivity contribution is 0.478. The molecule has 35 heavy (non-hydrogen) atoms. The summed E-state index contributed by atoms with van der Waals surface area (Å²) in [7, 11) is -3.36. The van der Waals surface area contributed by atoms with Gasteiger partial charge in [0.15, 0.2) is 17.3 Å². The lowest BCUT2D eigenvalue weighted by atomic mass is 10.1. The van der Waals surface area contributed by atoms with E-state index in [0.717, 1.165) is 4.52 Å². The molecule has 0 unspecified atom stereocenters. The predicted octanol–water partition coefficient (Wildman–Crippen LogP) is 4.69. The molecule has 2 heterocycles. The summed E-state index contributed by atoms with van der Waals surface area (Å²) in [6.07, 6.45) is 1.32. The predicted molar refractivity (Wildman–Crippen MR) is 124 cm³/mol. The van der Waals surface area contributed by atoms with Gasteiger partial charge in [-0.2, -0.15) is 8.42 Å². The number of halogens is 4. The van der Waals surface area contributed by atoms with Gasteiger partial charge >= 0.3 is 0 Å². The highest BCUT2D eigenvalue weighted by Crippen LogP contribution is 2.30. The van der Waals surface area contributed by atoms with Crippen molar-refractivity contribution < 1.29 is 26.1 Å². The molecule has 2 aromatic carbocycles. The van der Waals surface area contributed by atoms with Crippen molar-refractivity contribution in [3.63, 3.8) is 0 Å². The first-order chi connectivity index (χ1) is 16.3. The van der Waals surface area contributed by atoms with Crippen LogP contribution in [-0.4, -0.2) is 34.2 Å². The molecule has 2 aromatic heterocycles. The van der Waals surface area contributed by atoms with Gasteiger partial charge in [-0.15, -0.1) is 0 Å². The minimum Gasteiger partial charge on any atom is -0.327 e. The van der Waals surface area contributed by atoms with Crippen molar-refractivity contribution in [2.45, 2.75) is 24.7 Å². The highest BCUT2D eigenvalue weighted by atomic mass is 35.5. The molecule has 0 atom stereocenters. The molecule has 0 radical (unpaired) electrons. The second-order valence-electron chi connectivity index (χ2n) is 8.00. The zero-order valence-electron chi connectivity index (χ0n) is 18.5. The molecule has 8 nitrogen and oxygen atoms in total. The largest absolute Gasteiger partial charge is 0.327 e. The number of rotatable bonds is 5. The van der Waals surface area contributed by atoms with Crippen LogP contribution in [0.4, 0.5) is 24.7 Å². The van der Waals surface area contributed by atoms with Gasteiger partial charge in [-0.3, -0.25) is 9.35 Å². The Labute approximate surface area is 202 Å². The zero-order chi connectivity index (χ0) is 25.8. The summed E-state index contributed by atoms with van der Waals surface area (Å²) in [6.45, 7) is 3.37. The first-order valence-electron chi connectivity index (χ1n) is 10.1. The van der Waals surface area contributed by atoms with Gasteiger partial charge in [0, 0.05) is 18.3 Å². The van der Waals surface area contributed by atoms with Gasteiger partial charge in [0.1, 0.15) is 17.3 Å². The SMILES string of the molecule is CC(C)c1c(=O)n(-c2c(F)cc(S(=O)(=O)O)cc2F)n2ccc(N(C)c3cc(Cl)ccc3F)nc12. The molecular weight excluding hydrogens is 509 g/mol. The summed E-state index contributed by atoms with van der Waals surface area (Å²) in [4.78, 5) is 18.1. The summed E-state index contributed by atoms with van der Waals surface area (Å²) >= 11 is 5.98. The van der Waals surface area contributed by atoms with E-state index in [4.69, 9.17) is 16.2 Å². The Hall–Kier alpha value is -3.35. The quantitative estimate of drug-likeness (QED) is 0.379. The van der Waals surface area contributed by atoms with Crippen LogP contribution in [0.25, 0.3) is 11.3 Å². The summed E-state index contributed by atoms with van der Waals surface area (Å²) in [5.74, 6) is -3.57. The third kappa shape index (κ3) is 4.28. The molecule has 4 aromatic rings. The van der Waals surface area contributed by atoms with Gasteiger partial charge in [-0.05, 0) is 42.3 Å². The second-order valence-corrected chi connectivity index (χ2v) is 9.86. The summed E-state index contributed by atoms with van der Waals surface area (Å²) < 4.78 is 77.7. The van der Waals surface area contributed by atoms with E-state index in [0.29, 0.717) is 21.8 Å². The number of anilines is 2. The van der Waals surface area contributed by atoms with Crippen molar-refractivity contribution in [3.8, 4) is 5.69 Å². The van der Waals surface area contributed by atoms with Crippen LogP contribution >= 0.6 is 11.6 Å². The zero-order valence-corrected chi connectivity index (χ0v) is 20.1.